The second kappa shape index (κ2) is 8.02. The second-order valence-corrected chi connectivity index (χ2v) is 10.8. The SMILES string of the molecule is CC1=C(C)C(C)(C)[C]([Zr+2][c]2cccc3c2Cc2ccccc2-3)=C1C.[Br-].[Br-]. The van der Waals surface area contributed by atoms with Crippen LogP contribution >= 0.6 is 0 Å². The van der Waals surface area contributed by atoms with Crippen LogP contribution in [-0.4, -0.2) is 0 Å². The fourth-order valence-electron chi connectivity index (χ4n) is 4.25. The van der Waals surface area contributed by atoms with Gasteiger partial charge in [0.1, 0.15) is 0 Å². The Morgan fingerprint density at radius 1 is 0.808 bits per heavy atom. The fraction of sp³-hybridized carbons (Fsp3) is 0.304. The van der Waals surface area contributed by atoms with E-state index < -0.39 is 23.2 Å². The Kier molecular flexibility index (Phi) is 6.80. The molecule has 0 nitrogen and oxygen atoms in total. The Balaban J connectivity index is 0.00000121. The summed E-state index contributed by atoms with van der Waals surface area (Å²) in [5, 5.41) is 0. The third kappa shape index (κ3) is 3.33. The summed E-state index contributed by atoms with van der Waals surface area (Å²) in [6.07, 6.45) is 1.13. The summed E-state index contributed by atoms with van der Waals surface area (Å²) in [5.74, 6) is 0. The first-order chi connectivity index (χ1) is 11.4. The van der Waals surface area contributed by atoms with Crippen LogP contribution in [0.25, 0.3) is 11.1 Å². The van der Waals surface area contributed by atoms with E-state index in [1.54, 1.807) is 23.3 Å². The molecule has 0 radical (unpaired) electrons. The fourth-order valence-corrected chi connectivity index (χ4v) is 8.43. The molecule has 2 aliphatic carbocycles. The molecule has 3 heteroatoms. The third-order valence-electron chi connectivity index (χ3n) is 6.17. The van der Waals surface area contributed by atoms with Gasteiger partial charge in [0.15, 0.2) is 0 Å². The molecule has 0 saturated carbocycles. The van der Waals surface area contributed by atoms with E-state index in [4.69, 9.17) is 0 Å². The molecule has 0 unspecified atom stereocenters. The molecule has 4 rings (SSSR count). The summed E-state index contributed by atoms with van der Waals surface area (Å²) in [5.41, 5.74) is 11.0. The quantitative estimate of drug-likeness (QED) is 0.408. The Labute approximate surface area is 190 Å². The van der Waals surface area contributed by atoms with Gasteiger partial charge >= 0.3 is 158 Å². The summed E-state index contributed by atoms with van der Waals surface area (Å²) in [4.78, 5) is 0. The number of halogens is 2. The summed E-state index contributed by atoms with van der Waals surface area (Å²) < 4.78 is 3.45. The van der Waals surface area contributed by atoms with E-state index in [0.717, 1.165) is 6.42 Å². The molecule has 0 N–H and O–H groups in total. The molecule has 26 heavy (non-hydrogen) atoms. The third-order valence-corrected chi connectivity index (χ3v) is 11.1. The zero-order valence-corrected chi connectivity index (χ0v) is 21.6. The molecule has 0 amide bonds. The van der Waals surface area contributed by atoms with E-state index in [0.29, 0.717) is 0 Å². The summed E-state index contributed by atoms with van der Waals surface area (Å²) >= 11 is -0.790. The van der Waals surface area contributed by atoms with Crippen LogP contribution < -0.4 is 37.2 Å². The maximum absolute atomic E-state index is 2.43. The molecule has 0 heterocycles. The van der Waals surface area contributed by atoms with Crippen molar-refractivity contribution >= 4 is 3.27 Å². The van der Waals surface area contributed by atoms with Crippen molar-refractivity contribution in [2.75, 3.05) is 0 Å². The van der Waals surface area contributed by atoms with Crippen molar-refractivity contribution < 1.29 is 57.2 Å². The van der Waals surface area contributed by atoms with Gasteiger partial charge < -0.3 is 34.0 Å². The van der Waals surface area contributed by atoms with Gasteiger partial charge in [-0.1, -0.05) is 0 Å². The summed E-state index contributed by atoms with van der Waals surface area (Å²) in [7, 11) is 0. The molecule has 0 atom stereocenters. The number of benzene rings is 2. The van der Waals surface area contributed by atoms with Crippen molar-refractivity contribution in [3.63, 3.8) is 0 Å². The average molecular weight is 551 g/mol. The summed E-state index contributed by atoms with van der Waals surface area (Å²) in [6.45, 7) is 11.8. The topological polar surface area (TPSA) is 0 Å². The molecule has 2 aromatic rings. The molecule has 0 spiro atoms. The predicted octanol–water partition coefficient (Wildman–Crippen LogP) is -0.376. The molecule has 2 aliphatic rings. The van der Waals surface area contributed by atoms with Crippen LogP contribution in [0.5, 0.6) is 0 Å². The smallest absolute Gasteiger partial charge is 1.00 e. The van der Waals surface area contributed by atoms with Crippen molar-refractivity contribution in [3.05, 3.63) is 73.6 Å². The zero-order chi connectivity index (χ0) is 17.1. The Morgan fingerprint density at radius 2 is 1.46 bits per heavy atom. The van der Waals surface area contributed by atoms with Crippen molar-refractivity contribution in [3.8, 4) is 11.1 Å². The molecular formula is C23H24Br2Zr. The molecule has 0 aromatic heterocycles. The largest absolute Gasteiger partial charge is 1.00 e. The van der Waals surface area contributed by atoms with Crippen molar-refractivity contribution in [2.24, 2.45) is 5.41 Å². The maximum Gasteiger partial charge on any atom is -1.00 e. The monoisotopic (exact) mass is 548 g/mol. The van der Waals surface area contributed by atoms with Crippen molar-refractivity contribution in [1.29, 1.82) is 0 Å². The average Bonchev–Trinajstić information content (AvgIpc) is 3.02. The first-order valence-electron chi connectivity index (χ1n) is 8.78. The minimum Gasteiger partial charge on any atom is -1.00 e. The van der Waals surface area contributed by atoms with Crippen LogP contribution in [-0.2, 0) is 29.7 Å². The first kappa shape index (κ1) is 22.1. The molecular weight excluding hydrogens is 527 g/mol. The van der Waals surface area contributed by atoms with Gasteiger partial charge in [-0.2, -0.15) is 0 Å². The molecule has 2 aromatic carbocycles. The van der Waals surface area contributed by atoms with Crippen LogP contribution in [0.2, 0.25) is 0 Å². The number of fused-ring (bicyclic) bond motifs is 3. The molecule has 134 valence electrons. The van der Waals surface area contributed by atoms with E-state index in [2.05, 4.69) is 77.1 Å². The van der Waals surface area contributed by atoms with E-state index in [1.807, 2.05) is 0 Å². The van der Waals surface area contributed by atoms with Crippen LogP contribution in [0.1, 0.15) is 45.7 Å². The summed E-state index contributed by atoms with van der Waals surface area (Å²) in [6, 6.07) is 15.9. The van der Waals surface area contributed by atoms with Gasteiger partial charge in [-0.25, -0.2) is 0 Å². The van der Waals surface area contributed by atoms with Crippen LogP contribution in [0.3, 0.4) is 0 Å². The standard InChI is InChI=1S/C13H9.C10H15.2BrH.Zr/c1-3-7-12-10(5-1)9-11-6-2-4-8-13(11)12;1-7-6-10(4,5)9(3)8(7)2;;;/h1-5,7-8H,9H2;1-5H3;2*1H;/q;;;;+2/p-2. The van der Waals surface area contributed by atoms with Crippen LogP contribution in [0.15, 0.2) is 62.5 Å². The van der Waals surface area contributed by atoms with E-state index in [-0.39, 0.29) is 39.4 Å². The zero-order valence-electron chi connectivity index (χ0n) is 16.0. The van der Waals surface area contributed by atoms with E-state index in [1.165, 1.54) is 22.3 Å². The first-order valence-corrected chi connectivity index (χ1v) is 11.2. The Bertz CT molecular complexity index is 920. The number of rotatable bonds is 2. The van der Waals surface area contributed by atoms with Gasteiger partial charge in [0.25, 0.3) is 0 Å². The van der Waals surface area contributed by atoms with Gasteiger partial charge in [-0.15, -0.1) is 0 Å². The predicted molar refractivity (Wildman–Crippen MR) is 99.2 cm³/mol. The van der Waals surface area contributed by atoms with E-state index >= 15 is 0 Å². The van der Waals surface area contributed by atoms with Crippen LogP contribution in [0.4, 0.5) is 0 Å². The van der Waals surface area contributed by atoms with Gasteiger partial charge in [0.05, 0.1) is 0 Å². The Morgan fingerprint density at radius 3 is 2.12 bits per heavy atom. The van der Waals surface area contributed by atoms with Gasteiger partial charge in [0, 0.05) is 0 Å². The number of hydrogen-bond donors (Lipinski definition) is 0. The van der Waals surface area contributed by atoms with E-state index in [9.17, 15) is 0 Å². The van der Waals surface area contributed by atoms with Crippen LogP contribution in [0, 0.1) is 5.41 Å². The van der Waals surface area contributed by atoms with Crippen molar-refractivity contribution in [2.45, 2.75) is 41.0 Å². The van der Waals surface area contributed by atoms with Crippen molar-refractivity contribution in [1.82, 2.24) is 0 Å². The minimum absolute atomic E-state index is 0. The van der Waals surface area contributed by atoms with Gasteiger partial charge in [-0.3, -0.25) is 0 Å². The van der Waals surface area contributed by atoms with Gasteiger partial charge in [-0.05, 0) is 0 Å². The van der Waals surface area contributed by atoms with Gasteiger partial charge in [0.2, 0.25) is 0 Å². The molecule has 0 fully saturated rings. The molecule has 0 aliphatic heterocycles. The normalized spacial score (nSPS) is 16.5. The molecule has 0 saturated heterocycles. The number of allylic oxidation sites excluding steroid dienone is 4. The Hall–Kier alpha value is -0.237. The number of hydrogen-bond acceptors (Lipinski definition) is 0. The minimum atomic E-state index is -0.790. The second-order valence-electron chi connectivity index (χ2n) is 7.67. The molecule has 0 bridgehead atoms. The maximum atomic E-state index is 2.43.